The lowest BCUT2D eigenvalue weighted by Gasteiger charge is -2.21. The van der Waals surface area contributed by atoms with E-state index in [0.717, 1.165) is 21.7 Å². The lowest BCUT2D eigenvalue weighted by atomic mass is 10.3. The smallest absolute Gasteiger partial charge is 0.171 e. The normalized spacial score (nSPS) is 11.3. The van der Waals surface area contributed by atoms with Crippen molar-refractivity contribution in [2.24, 2.45) is 4.99 Å². The van der Waals surface area contributed by atoms with Gasteiger partial charge in [0, 0.05) is 27.7 Å². The first-order valence-corrected chi connectivity index (χ1v) is 7.14. The van der Waals surface area contributed by atoms with Crippen LogP contribution in [0.4, 0.5) is 5.69 Å². The molecule has 1 N–H and O–H groups in total. The molecule has 0 aromatic heterocycles. The molecule has 0 amide bonds. The molecule has 1 rings (SSSR count). The van der Waals surface area contributed by atoms with Gasteiger partial charge >= 0.3 is 0 Å². The van der Waals surface area contributed by atoms with Crippen LogP contribution in [0.25, 0.3) is 0 Å². The van der Waals surface area contributed by atoms with Crippen LogP contribution in [0.5, 0.6) is 5.75 Å². The lowest BCUT2D eigenvalue weighted by molar-refractivity contribution is 0.475. The van der Waals surface area contributed by atoms with Gasteiger partial charge in [0.25, 0.3) is 0 Å². The lowest BCUT2D eigenvalue weighted by Crippen LogP contribution is -2.27. The highest BCUT2D eigenvalue weighted by Gasteiger charge is 2.11. The van der Waals surface area contributed by atoms with Gasteiger partial charge in [-0.15, -0.1) is 0 Å². The third kappa shape index (κ3) is 5.08. The summed E-state index contributed by atoms with van der Waals surface area (Å²) in [6, 6.07) is 6.80. The van der Waals surface area contributed by atoms with E-state index in [-0.39, 0.29) is 5.75 Å². The number of benzene rings is 1. The molecule has 1 aromatic carbocycles. The molecule has 1 aromatic rings. The van der Waals surface area contributed by atoms with E-state index in [1.807, 2.05) is 30.9 Å². The summed E-state index contributed by atoms with van der Waals surface area (Å²) in [6.07, 6.45) is 0. The summed E-state index contributed by atoms with van der Waals surface area (Å²) < 4.78 is 0.762. The summed E-state index contributed by atoms with van der Waals surface area (Å²) in [6.45, 7) is 2.91. The first-order valence-electron chi connectivity index (χ1n) is 5.92. The summed E-state index contributed by atoms with van der Waals surface area (Å²) in [4.78, 5) is 8.49. The van der Waals surface area contributed by atoms with Gasteiger partial charge in [0.05, 0.1) is 5.69 Å². The van der Waals surface area contributed by atoms with E-state index in [9.17, 15) is 5.11 Å². The van der Waals surface area contributed by atoms with Gasteiger partial charge < -0.3 is 14.9 Å². The molecule has 0 fully saturated rings. The number of phenolic OH excluding ortho intramolecular Hbond substituents is 1. The van der Waals surface area contributed by atoms with Crippen molar-refractivity contribution in [1.29, 1.82) is 0 Å². The number of phenols is 1. The molecule has 0 saturated carbocycles. The van der Waals surface area contributed by atoms with E-state index in [4.69, 9.17) is 12.2 Å². The van der Waals surface area contributed by atoms with E-state index >= 15 is 0 Å². The maximum Gasteiger partial charge on any atom is 0.171 e. The SMILES string of the molecule is CCN(C)C(=Nc1ccc(O)cc1)SC(=S)N(C)C. The van der Waals surface area contributed by atoms with Crippen molar-refractivity contribution < 1.29 is 5.11 Å². The molecule has 4 nitrogen and oxygen atoms in total. The Bertz CT molecular complexity index is 457. The summed E-state index contributed by atoms with van der Waals surface area (Å²) >= 11 is 6.76. The summed E-state index contributed by atoms with van der Waals surface area (Å²) in [5.74, 6) is 0.237. The summed E-state index contributed by atoms with van der Waals surface area (Å²) in [5, 5.41) is 10.1. The van der Waals surface area contributed by atoms with Crippen molar-refractivity contribution in [2.75, 3.05) is 27.7 Å². The number of aromatic hydroxyl groups is 1. The first kappa shape index (κ1) is 15.8. The number of aliphatic imine (C=N–C) groups is 1. The summed E-state index contributed by atoms with van der Waals surface area (Å²) in [7, 11) is 5.81. The highest BCUT2D eigenvalue weighted by atomic mass is 32.2. The Balaban J connectivity index is 2.96. The molecule has 0 heterocycles. The van der Waals surface area contributed by atoms with Crippen LogP contribution in [-0.2, 0) is 0 Å². The minimum Gasteiger partial charge on any atom is -0.508 e. The first-order chi connectivity index (χ1) is 8.93. The largest absolute Gasteiger partial charge is 0.508 e. The van der Waals surface area contributed by atoms with Gasteiger partial charge in [-0.3, -0.25) is 0 Å². The number of rotatable bonds is 2. The highest BCUT2D eigenvalue weighted by Crippen LogP contribution is 2.21. The van der Waals surface area contributed by atoms with Gasteiger partial charge in [-0.1, -0.05) is 12.2 Å². The molecule has 19 heavy (non-hydrogen) atoms. The maximum atomic E-state index is 9.27. The van der Waals surface area contributed by atoms with Crippen LogP contribution in [0.1, 0.15) is 6.92 Å². The number of amidine groups is 1. The Kier molecular flexibility index (Phi) is 6.11. The zero-order chi connectivity index (χ0) is 14.4. The van der Waals surface area contributed by atoms with E-state index < -0.39 is 0 Å². The topological polar surface area (TPSA) is 39.1 Å². The standard InChI is InChI=1S/C13H19N3OS2/c1-5-16(4)12(19-13(18)15(2)3)14-10-6-8-11(17)9-7-10/h6-9,17H,5H2,1-4H3. The maximum absolute atomic E-state index is 9.27. The number of hydrogen-bond acceptors (Lipinski definition) is 4. The average molecular weight is 297 g/mol. The van der Waals surface area contributed by atoms with Crippen LogP contribution < -0.4 is 0 Å². The predicted molar refractivity (Wildman–Crippen MR) is 87.4 cm³/mol. The molecule has 0 saturated heterocycles. The third-order valence-electron chi connectivity index (χ3n) is 2.42. The average Bonchev–Trinajstić information content (AvgIpc) is 2.39. The molecule has 0 spiro atoms. The summed E-state index contributed by atoms with van der Waals surface area (Å²) in [5.41, 5.74) is 0.794. The molecule has 104 valence electrons. The molecule has 0 radical (unpaired) electrons. The molecule has 0 aliphatic carbocycles. The number of thioether (sulfide) groups is 1. The van der Waals surface area contributed by atoms with Crippen molar-refractivity contribution >= 4 is 39.2 Å². The Morgan fingerprint density at radius 3 is 2.32 bits per heavy atom. The highest BCUT2D eigenvalue weighted by molar-refractivity contribution is 8.32. The third-order valence-corrected chi connectivity index (χ3v) is 4.16. The van der Waals surface area contributed by atoms with Crippen LogP contribution in [0.3, 0.4) is 0 Å². The van der Waals surface area contributed by atoms with Gasteiger partial charge in [0.15, 0.2) is 5.17 Å². The fourth-order valence-electron chi connectivity index (χ4n) is 1.13. The van der Waals surface area contributed by atoms with Crippen molar-refractivity contribution in [3.05, 3.63) is 24.3 Å². The Morgan fingerprint density at radius 2 is 1.84 bits per heavy atom. The van der Waals surface area contributed by atoms with Gasteiger partial charge in [-0.2, -0.15) is 0 Å². The molecule has 0 bridgehead atoms. The second-order valence-electron chi connectivity index (χ2n) is 4.19. The van der Waals surface area contributed by atoms with Crippen LogP contribution >= 0.6 is 24.0 Å². The van der Waals surface area contributed by atoms with Crippen LogP contribution in [-0.4, -0.2) is 52.1 Å². The molecule has 0 aliphatic rings. The molecule has 6 heteroatoms. The van der Waals surface area contributed by atoms with Crippen LogP contribution in [0.2, 0.25) is 0 Å². The Hall–Kier alpha value is -1.27. The number of nitrogens with zero attached hydrogens (tertiary/aromatic N) is 3. The van der Waals surface area contributed by atoms with Gasteiger partial charge in [-0.05, 0) is 43.0 Å². The molecular weight excluding hydrogens is 278 g/mol. The molecule has 0 aliphatic heterocycles. The van der Waals surface area contributed by atoms with Gasteiger partial charge in [-0.25, -0.2) is 4.99 Å². The zero-order valence-corrected chi connectivity index (χ0v) is 13.3. The van der Waals surface area contributed by atoms with E-state index in [2.05, 4.69) is 11.9 Å². The monoisotopic (exact) mass is 297 g/mol. The minimum atomic E-state index is 0.237. The van der Waals surface area contributed by atoms with Crippen LogP contribution in [0.15, 0.2) is 29.3 Å². The van der Waals surface area contributed by atoms with Crippen molar-refractivity contribution in [1.82, 2.24) is 9.80 Å². The van der Waals surface area contributed by atoms with Gasteiger partial charge in [0.2, 0.25) is 0 Å². The molecule has 0 atom stereocenters. The quantitative estimate of drug-likeness (QED) is 0.516. The van der Waals surface area contributed by atoms with Crippen molar-refractivity contribution in [3.8, 4) is 5.75 Å². The predicted octanol–water partition coefficient (Wildman–Crippen LogP) is 2.91. The van der Waals surface area contributed by atoms with Crippen molar-refractivity contribution in [3.63, 3.8) is 0 Å². The zero-order valence-electron chi connectivity index (χ0n) is 11.6. The number of hydrogen-bond donors (Lipinski definition) is 1. The van der Waals surface area contributed by atoms with E-state index in [1.54, 1.807) is 24.3 Å². The van der Waals surface area contributed by atoms with Gasteiger partial charge in [0.1, 0.15) is 10.1 Å². The minimum absolute atomic E-state index is 0.237. The Morgan fingerprint density at radius 1 is 1.26 bits per heavy atom. The fourth-order valence-corrected chi connectivity index (χ4v) is 2.13. The van der Waals surface area contributed by atoms with Crippen molar-refractivity contribution in [2.45, 2.75) is 6.92 Å². The number of thiocarbonyl (C=S) groups is 1. The van der Waals surface area contributed by atoms with Crippen LogP contribution in [0, 0.1) is 0 Å². The van der Waals surface area contributed by atoms with E-state index in [0.29, 0.717) is 0 Å². The molecule has 0 unspecified atom stereocenters. The Labute approximate surface area is 124 Å². The van der Waals surface area contributed by atoms with E-state index in [1.165, 1.54) is 11.8 Å². The fraction of sp³-hybridized carbons (Fsp3) is 0.385. The molecular formula is C13H19N3OS2. The second kappa shape index (κ2) is 7.35. The second-order valence-corrected chi connectivity index (χ2v) is 5.79.